The summed E-state index contributed by atoms with van der Waals surface area (Å²) in [6.45, 7) is 0. The lowest BCUT2D eigenvalue weighted by Gasteiger charge is -2.16. The van der Waals surface area contributed by atoms with Crippen LogP contribution in [0.4, 0.5) is 4.39 Å². The van der Waals surface area contributed by atoms with Crippen molar-refractivity contribution in [2.45, 2.75) is 12.5 Å². The van der Waals surface area contributed by atoms with Crippen LogP contribution in [0.5, 0.6) is 5.75 Å². The Hall–Kier alpha value is -0.950. The van der Waals surface area contributed by atoms with Gasteiger partial charge in [-0.15, -0.1) is 11.3 Å². The molecule has 0 saturated heterocycles. The van der Waals surface area contributed by atoms with Crippen LogP contribution in [0.15, 0.2) is 34.1 Å². The lowest BCUT2D eigenvalue weighted by molar-refractivity contribution is 0.402. The molecule has 3 nitrogen and oxygen atoms in total. The molecule has 0 saturated carbocycles. The fourth-order valence-corrected chi connectivity index (χ4v) is 3.21. The average Bonchev–Trinajstić information content (AvgIpc) is 2.88. The smallest absolute Gasteiger partial charge is 0.134 e. The van der Waals surface area contributed by atoms with Gasteiger partial charge in [0.1, 0.15) is 11.6 Å². The number of methoxy groups -OCH3 is 1. The van der Waals surface area contributed by atoms with E-state index >= 15 is 0 Å². The number of hydrogen-bond acceptors (Lipinski definition) is 4. The summed E-state index contributed by atoms with van der Waals surface area (Å²) in [5.41, 5.74) is 3.33. The Labute approximate surface area is 123 Å². The molecule has 3 N–H and O–H groups in total. The second-order valence-electron chi connectivity index (χ2n) is 4.01. The van der Waals surface area contributed by atoms with Crippen molar-refractivity contribution in [2.24, 2.45) is 5.84 Å². The quantitative estimate of drug-likeness (QED) is 0.645. The van der Waals surface area contributed by atoms with Gasteiger partial charge in [0.25, 0.3) is 0 Å². The second-order valence-corrected chi connectivity index (χ2v) is 5.88. The summed E-state index contributed by atoms with van der Waals surface area (Å²) in [6.07, 6.45) is 0.457. The lowest BCUT2D eigenvalue weighted by Crippen LogP contribution is -2.29. The van der Waals surface area contributed by atoms with Gasteiger partial charge in [0, 0.05) is 4.47 Å². The molecule has 19 heavy (non-hydrogen) atoms. The van der Waals surface area contributed by atoms with E-state index in [9.17, 15) is 4.39 Å². The molecular formula is C13H14BrFN2OS. The van der Waals surface area contributed by atoms with E-state index in [2.05, 4.69) is 21.4 Å². The highest BCUT2D eigenvalue weighted by Crippen LogP contribution is 2.33. The van der Waals surface area contributed by atoms with Gasteiger partial charge in [-0.25, -0.2) is 4.39 Å². The van der Waals surface area contributed by atoms with E-state index in [0.717, 1.165) is 15.1 Å². The van der Waals surface area contributed by atoms with E-state index in [-0.39, 0.29) is 11.9 Å². The van der Waals surface area contributed by atoms with Gasteiger partial charge in [0.2, 0.25) is 0 Å². The number of hydrogen-bond donors (Lipinski definition) is 2. The maximum atomic E-state index is 13.8. The number of nitrogens with two attached hydrogens (primary N) is 1. The van der Waals surface area contributed by atoms with Crippen LogP contribution in [0, 0.1) is 5.82 Å². The summed E-state index contributed by atoms with van der Waals surface area (Å²) in [5.74, 6) is 6.12. The van der Waals surface area contributed by atoms with Crippen LogP contribution in [0.25, 0.3) is 0 Å². The third-order valence-electron chi connectivity index (χ3n) is 2.83. The molecule has 0 aliphatic carbocycles. The summed E-state index contributed by atoms with van der Waals surface area (Å²) in [4.78, 5) is 0.962. The first-order chi connectivity index (χ1) is 9.15. The topological polar surface area (TPSA) is 47.3 Å². The highest BCUT2D eigenvalue weighted by molar-refractivity contribution is 9.10. The van der Waals surface area contributed by atoms with Gasteiger partial charge in [0.15, 0.2) is 0 Å². The van der Waals surface area contributed by atoms with Crippen molar-refractivity contribution in [3.63, 3.8) is 0 Å². The second kappa shape index (κ2) is 6.47. The molecule has 0 spiro atoms. The van der Waals surface area contributed by atoms with Crippen LogP contribution < -0.4 is 16.0 Å². The standard InChI is InChI=1S/C13H14BrFN2OS/c1-18-12-4-5-19-13(12)11(17-16)7-8-6-9(14)2-3-10(8)15/h2-6,11,17H,7,16H2,1H3. The zero-order chi connectivity index (χ0) is 13.8. The van der Waals surface area contributed by atoms with Crippen LogP contribution in [-0.4, -0.2) is 7.11 Å². The van der Waals surface area contributed by atoms with Crippen molar-refractivity contribution in [1.29, 1.82) is 0 Å². The monoisotopic (exact) mass is 344 g/mol. The normalized spacial score (nSPS) is 12.4. The average molecular weight is 345 g/mol. The van der Waals surface area contributed by atoms with Crippen molar-refractivity contribution in [2.75, 3.05) is 7.11 Å². The molecule has 1 aromatic carbocycles. The van der Waals surface area contributed by atoms with Crippen LogP contribution in [0.2, 0.25) is 0 Å². The zero-order valence-corrected chi connectivity index (χ0v) is 12.7. The Kier molecular flexibility index (Phi) is 4.93. The minimum Gasteiger partial charge on any atom is -0.496 e. The van der Waals surface area contributed by atoms with Gasteiger partial charge in [0.05, 0.1) is 18.0 Å². The number of ether oxygens (including phenoxy) is 1. The molecule has 1 heterocycles. The van der Waals surface area contributed by atoms with Crippen molar-refractivity contribution < 1.29 is 9.13 Å². The molecule has 0 radical (unpaired) electrons. The van der Waals surface area contributed by atoms with E-state index < -0.39 is 0 Å². The summed E-state index contributed by atoms with van der Waals surface area (Å²) in [7, 11) is 1.61. The van der Waals surface area contributed by atoms with Crippen LogP contribution in [0.3, 0.4) is 0 Å². The van der Waals surface area contributed by atoms with E-state index in [0.29, 0.717) is 12.0 Å². The predicted molar refractivity (Wildman–Crippen MR) is 78.7 cm³/mol. The maximum absolute atomic E-state index is 13.8. The zero-order valence-electron chi connectivity index (χ0n) is 10.3. The number of hydrazine groups is 1. The minimum absolute atomic E-state index is 0.182. The minimum atomic E-state index is -0.237. The van der Waals surface area contributed by atoms with E-state index in [4.69, 9.17) is 10.6 Å². The highest BCUT2D eigenvalue weighted by Gasteiger charge is 2.18. The molecule has 0 bridgehead atoms. The van der Waals surface area contributed by atoms with Crippen molar-refractivity contribution in [1.82, 2.24) is 5.43 Å². The predicted octanol–water partition coefficient (Wildman–Crippen LogP) is 3.41. The number of rotatable bonds is 5. The molecule has 1 unspecified atom stereocenters. The molecular weight excluding hydrogens is 331 g/mol. The van der Waals surface area contributed by atoms with Gasteiger partial charge in [-0.3, -0.25) is 11.3 Å². The molecule has 2 rings (SSSR count). The Morgan fingerprint density at radius 2 is 2.26 bits per heavy atom. The fourth-order valence-electron chi connectivity index (χ4n) is 1.88. The lowest BCUT2D eigenvalue weighted by atomic mass is 10.0. The number of thiophene rings is 1. The molecule has 0 amide bonds. The van der Waals surface area contributed by atoms with E-state index in [1.54, 1.807) is 19.2 Å². The van der Waals surface area contributed by atoms with Gasteiger partial charge in [-0.2, -0.15) is 0 Å². The summed E-state index contributed by atoms with van der Waals surface area (Å²) >= 11 is 4.88. The van der Waals surface area contributed by atoms with Crippen LogP contribution in [-0.2, 0) is 6.42 Å². The van der Waals surface area contributed by atoms with Crippen molar-refractivity contribution in [3.05, 3.63) is 50.4 Å². The SMILES string of the molecule is COc1ccsc1C(Cc1cc(Br)ccc1F)NN. The van der Waals surface area contributed by atoms with Crippen LogP contribution >= 0.6 is 27.3 Å². The molecule has 0 aliphatic rings. The third-order valence-corrected chi connectivity index (χ3v) is 4.33. The van der Waals surface area contributed by atoms with Crippen LogP contribution in [0.1, 0.15) is 16.5 Å². The maximum Gasteiger partial charge on any atom is 0.134 e. The molecule has 1 atom stereocenters. The summed E-state index contributed by atoms with van der Waals surface area (Å²) in [5, 5.41) is 1.93. The largest absolute Gasteiger partial charge is 0.496 e. The van der Waals surface area contributed by atoms with Gasteiger partial charge < -0.3 is 4.74 Å². The molecule has 6 heteroatoms. The fraction of sp³-hybridized carbons (Fsp3) is 0.231. The van der Waals surface area contributed by atoms with Crippen molar-refractivity contribution in [3.8, 4) is 5.75 Å². The summed E-state index contributed by atoms with van der Waals surface area (Å²) in [6, 6.07) is 6.58. The molecule has 1 aromatic heterocycles. The highest BCUT2D eigenvalue weighted by atomic mass is 79.9. The first-order valence-corrected chi connectivity index (χ1v) is 7.34. The third kappa shape index (κ3) is 3.33. The number of benzene rings is 1. The molecule has 102 valence electrons. The Morgan fingerprint density at radius 1 is 1.47 bits per heavy atom. The number of halogens is 2. The Bertz CT molecular complexity index is 561. The first kappa shape index (κ1) is 14.5. The Balaban J connectivity index is 2.26. The molecule has 0 aliphatic heterocycles. The van der Waals surface area contributed by atoms with E-state index in [1.165, 1.54) is 17.4 Å². The van der Waals surface area contributed by atoms with Gasteiger partial charge >= 0.3 is 0 Å². The Morgan fingerprint density at radius 3 is 2.95 bits per heavy atom. The summed E-state index contributed by atoms with van der Waals surface area (Å²) < 4.78 is 19.9. The van der Waals surface area contributed by atoms with Crippen molar-refractivity contribution >= 4 is 27.3 Å². The molecule has 0 fully saturated rings. The first-order valence-electron chi connectivity index (χ1n) is 5.67. The molecule has 2 aromatic rings. The van der Waals surface area contributed by atoms with E-state index in [1.807, 2.05) is 11.4 Å². The van der Waals surface area contributed by atoms with Gasteiger partial charge in [-0.1, -0.05) is 15.9 Å². The van der Waals surface area contributed by atoms with Gasteiger partial charge in [-0.05, 0) is 41.6 Å². The number of nitrogens with one attached hydrogen (secondary N) is 1.